The van der Waals surface area contributed by atoms with Crippen LogP contribution in [0, 0.1) is 11.3 Å². The summed E-state index contributed by atoms with van der Waals surface area (Å²) >= 11 is 0. The molecular weight excluding hydrogens is 274 g/mol. The predicted octanol–water partition coefficient (Wildman–Crippen LogP) is 2.02. The monoisotopic (exact) mass is 291 g/mol. The molecule has 1 unspecified atom stereocenters. The van der Waals surface area contributed by atoms with E-state index in [1.54, 1.807) is 6.92 Å². The van der Waals surface area contributed by atoms with Gasteiger partial charge in [0, 0.05) is 12.5 Å². The van der Waals surface area contributed by atoms with Crippen molar-refractivity contribution in [3.05, 3.63) is 23.8 Å². The second kappa shape index (κ2) is 4.87. The first kappa shape index (κ1) is 15.0. The van der Waals surface area contributed by atoms with Gasteiger partial charge in [-0.2, -0.15) is 0 Å². The number of rotatable bonds is 3. The van der Waals surface area contributed by atoms with Crippen LogP contribution in [-0.4, -0.2) is 28.0 Å². The van der Waals surface area contributed by atoms with Gasteiger partial charge in [-0.3, -0.25) is 9.59 Å². The van der Waals surface area contributed by atoms with Crippen LogP contribution in [0.2, 0.25) is 0 Å². The zero-order valence-corrected chi connectivity index (χ0v) is 12.1. The molecule has 0 aromatic heterocycles. The number of anilines is 1. The lowest BCUT2D eigenvalue weighted by molar-refractivity contribution is -0.126. The van der Waals surface area contributed by atoms with E-state index < -0.39 is 17.1 Å². The van der Waals surface area contributed by atoms with E-state index in [0.717, 1.165) is 11.0 Å². The summed E-state index contributed by atoms with van der Waals surface area (Å²) in [7, 11) is 0. The number of carboxylic acid groups (broad SMARTS) is 1. The minimum Gasteiger partial charge on any atom is -0.507 e. The second-order valence-electron chi connectivity index (χ2n) is 5.79. The number of carbonyl (C=O) groups excluding carboxylic acids is 2. The van der Waals surface area contributed by atoms with E-state index in [2.05, 4.69) is 0 Å². The molecular formula is C15H17NO5. The van der Waals surface area contributed by atoms with Crippen molar-refractivity contribution in [1.29, 1.82) is 0 Å². The number of phenols is 1. The number of hydrogen-bond donors (Lipinski definition) is 2. The first-order valence-electron chi connectivity index (χ1n) is 6.62. The smallest absolute Gasteiger partial charge is 0.339 e. The summed E-state index contributed by atoms with van der Waals surface area (Å²) in [5, 5.41) is 18.6. The van der Waals surface area contributed by atoms with Gasteiger partial charge in [0.05, 0.1) is 11.1 Å². The van der Waals surface area contributed by atoms with Crippen LogP contribution in [0.3, 0.4) is 0 Å². The first-order valence-corrected chi connectivity index (χ1v) is 6.62. The van der Waals surface area contributed by atoms with E-state index >= 15 is 0 Å². The number of amides is 2. The Morgan fingerprint density at radius 2 is 1.95 bits per heavy atom. The maximum Gasteiger partial charge on any atom is 0.339 e. The third-order valence-electron chi connectivity index (χ3n) is 4.20. The van der Waals surface area contributed by atoms with Crippen LogP contribution in [0.15, 0.2) is 18.2 Å². The lowest BCUT2D eigenvalue weighted by Crippen LogP contribution is -2.36. The fourth-order valence-corrected chi connectivity index (χ4v) is 2.39. The quantitative estimate of drug-likeness (QED) is 0.831. The highest BCUT2D eigenvalue weighted by Crippen LogP contribution is 2.41. The van der Waals surface area contributed by atoms with Gasteiger partial charge in [0.15, 0.2) is 0 Å². The van der Waals surface area contributed by atoms with E-state index in [-0.39, 0.29) is 35.4 Å². The highest BCUT2D eigenvalue weighted by atomic mass is 16.4. The zero-order chi connectivity index (χ0) is 15.9. The molecule has 0 saturated carbocycles. The summed E-state index contributed by atoms with van der Waals surface area (Å²) in [4.78, 5) is 36.5. The maximum absolute atomic E-state index is 12.5. The Kier molecular flexibility index (Phi) is 3.49. The van der Waals surface area contributed by atoms with Gasteiger partial charge >= 0.3 is 5.97 Å². The van der Waals surface area contributed by atoms with Gasteiger partial charge in [-0.05, 0) is 25.0 Å². The third-order valence-corrected chi connectivity index (χ3v) is 4.20. The van der Waals surface area contributed by atoms with Crippen LogP contribution in [0.4, 0.5) is 5.69 Å². The summed E-state index contributed by atoms with van der Waals surface area (Å²) in [5.74, 6) is -2.43. The lowest BCUT2D eigenvalue weighted by atomic mass is 9.78. The Bertz CT molecular complexity index is 637. The molecule has 0 aliphatic carbocycles. The Labute approximate surface area is 122 Å². The van der Waals surface area contributed by atoms with Crippen molar-refractivity contribution in [2.24, 2.45) is 11.3 Å². The molecule has 1 aromatic rings. The fourth-order valence-electron chi connectivity index (χ4n) is 2.39. The highest BCUT2D eigenvalue weighted by Gasteiger charge is 2.50. The van der Waals surface area contributed by atoms with Gasteiger partial charge in [-0.15, -0.1) is 0 Å². The minimum absolute atomic E-state index is 0.00848. The highest BCUT2D eigenvalue weighted by molar-refractivity contribution is 6.22. The number of aromatic hydroxyl groups is 1. The first-order chi connectivity index (χ1) is 9.68. The minimum atomic E-state index is -1.27. The van der Waals surface area contributed by atoms with E-state index in [9.17, 15) is 19.5 Å². The van der Waals surface area contributed by atoms with Crippen molar-refractivity contribution in [3.63, 3.8) is 0 Å². The number of nitrogens with zero attached hydrogens (tertiary/aromatic N) is 1. The molecule has 0 spiro atoms. The van der Waals surface area contributed by atoms with Gasteiger partial charge in [0.1, 0.15) is 11.3 Å². The molecule has 6 heteroatoms. The van der Waals surface area contributed by atoms with E-state index in [0.29, 0.717) is 0 Å². The van der Waals surface area contributed by atoms with E-state index in [1.807, 2.05) is 13.8 Å². The summed E-state index contributed by atoms with van der Waals surface area (Å²) in [5.41, 5.74) is -0.862. The topological polar surface area (TPSA) is 94.9 Å². The third kappa shape index (κ3) is 2.26. The van der Waals surface area contributed by atoms with Gasteiger partial charge in [-0.25, -0.2) is 9.69 Å². The largest absolute Gasteiger partial charge is 0.507 e. The van der Waals surface area contributed by atoms with E-state index in [1.165, 1.54) is 12.1 Å². The standard InChI is InChI=1S/C15H17NO5/c1-8(2)15(3)7-12(18)16(14(15)21)9-4-5-10(13(19)20)11(17)6-9/h4-6,8,17H,7H2,1-3H3,(H,19,20). The number of aromatic carboxylic acids is 1. The van der Waals surface area contributed by atoms with Gasteiger partial charge < -0.3 is 10.2 Å². The van der Waals surface area contributed by atoms with Crippen LogP contribution >= 0.6 is 0 Å². The van der Waals surface area contributed by atoms with Crippen molar-refractivity contribution in [2.75, 3.05) is 4.90 Å². The number of benzene rings is 1. The average molecular weight is 291 g/mol. The van der Waals surface area contributed by atoms with Gasteiger partial charge in [0.2, 0.25) is 11.8 Å². The van der Waals surface area contributed by atoms with Gasteiger partial charge in [0.25, 0.3) is 0 Å². The van der Waals surface area contributed by atoms with Crippen LogP contribution in [0.1, 0.15) is 37.6 Å². The molecule has 1 aliphatic heterocycles. The molecule has 1 atom stereocenters. The number of carboxylic acids is 1. The molecule has 1 aromatic carbocycles. The fraction of sp³-hybridized carbons (Fsp3) is 0.400. The maximum atomic E-state index is 12.5. The molecule has 0 bridgehead atoms. The Morgan fingerprint density at radius 1 is 1.33 bits per heavy atom. The second-order valence-corrected chi connectivity index (χ2v) is 5.79. The van der Waals surface area contributed by atoms with Crippen LogP contribution < -0.4 is 4.90 Å². The molecule has 1 aliphatic rings. The van der Waals surface area contributed by atoms with Crippen molar-refractivity contribution >= 4 is 23.5 Å². The average Bonchev–Trinajstić information content (AvgIpc) is 2.60. The number of hydrogen-bond acceptors (Lipinski definition) is 4. The molecule has 6 nitrogen and oxygen atoms in total. The Morgan fingerprint density at radius 3 is 2.38 bits per heavy atom. The van der Waals surface area contributed by atoms with E-state index in [4.69, 9.17) is 5.11 Å². The normalized spacial score (nSPS) is 22.2. The van der Waals surface area contributed by atoms with Crippen LogP contribution in [0.25, 0.3) is 0 Å². The molecule has 21 heavy (non-hydrogen) atoms. The molecule has 2 N–H and O–H groups in total. The molecule has 0 radical (unpaired) electrons. The Hall–Kier alpha value is -2.37. The summed E-state index contributed by atoms with van der Waals surface area (Å²) < 4.78 is 0. The summed E-state index contributed by atoms with van der Waals surface area (Å²) in [6.45, 7) is 5.49. The Balaban J connectivity index is 2.44. The molecule has 1 fully saturated rings. The van der Waals surface area contributed by atoms with Crippen molar-refractivity contribution in [3.8, 4) is 5.75 Å². The predicted molar refractivity (Wildman–Crippen MR) is 75.1 cm³/mol. The summed E-state index contributed by atoms with van der Waals surface area (Å²) in [6.07, 6.45) is 0.102. The zero-order valence-electron chi connectivity index (χ0n) is 12.1. The van der Waals surface area contributed by atoms with Crippen LogP contribution in [-0.2, 0) is 9.59 Å². The molecule has 2 amide bonds. The number of imide groups is 1. The van der Waals surface area contributed by atoms with Crippen LogP contribution in [0.5, 0.6) is 5.75 Å². The SMILES string of the molecule is CC(C)C1(C)CC(=O)N(c2ccc(C(=O)O)c(O)c2)C1=O. The lowest BCUT2D eigenvalue weighted by Gasteiger charge is -2.26. The van der Waals surface area contributed by atoms with Gasteiger partial charge in [-0.1, -0.05) is 13.8 Å². The van der Waals surface area contributed by atoms with Crippen molar-refractivity contribution in [1.82, 2.24) is 0 Å². The summed E-state index contributed by atoms with van der Waals surface area (Å²) in [6, 6.07) is 3.66. The van der Waals surface area contributed by atoms with Crippen molar-refractivity contribution < 1.29 is 24.6 Å². The molecule has 1 saturated heterocycles. The molecule has 112 valence electrons. The van der Waals surface area contributed by atoms with Crippen molar-refractivity contribution in [2.45, 2.75) is 27.2 Å². The molecule has 2 rings (SSSR count). The molecule has 1 heterocycles. The number of carbonyl (C=O) groups is 3.